The van der Waals surface area contributed by atoms with Gasteiger partial charge in [-0.1, -0.05) is 24.3 Å². The van der Waals surface area contributed by atoms with Gasteiger partial charge in [-0.25, -0.2) is 17.9 Å². The minimum Gasteiger partial charge on any atom is -0.337 e. The van der Waals surface area contributed by atoms with Crippen molar-refractivity contribution in [2.24, 2.45) is 0 Å². The maximum absolute atomic E-state index is 12.1. The number of sulfonamides is 1. The summed E-state index contributed by atoms with van der Waals surface area (Å²) in [5.41, 5.74) is 2.67. The second-order valence-electron chi connectivity index (χ2n) is 5.87. The van der Waals surface area contributed by atoms with Crippen LogP contribution in [0, 0.1) is 6.92 Å². The number of piperidine rings is 1. The molecule has 0 atom stereocenters. The Morgan fingerprint density at radius 2 is 1.91 bits per heavy atom. The highest BCUT2D eigenvalue weighted by Gasteiger charge is 2.24. The molecule has 1 aliphatic rings. The van der Waals surface area contributed by atoms with Gasteiger partial charge in [0.15, 0.2) is 0 Å². The van der Waals surface area contributed by atoms with Gasteiger partial charge >= 0.3 is 6.03 Å². The predicted molar refractivity (Wildman–Crippen MR) is 91.0 cm³/mol. The Morgan fingerprint density at radius 1 is 1.26 bits per heavy atom. The van der Waals surface area contributed by atoms with Crippen LogP contribution in [0.1, 0.15) is 29.9 Å². The summed E-state index contributed by atoms with van der Waals surface area (Å²) in [4.78, 5) is 13.8. The molecule has 2 amide bonds. The first-order chi connectivity index (χ1) is 10.9. The summed E-state index contributed by atoms with van der Waals surface area (Å²) in [5, 5.41) is 2.68. The zero-order chi connectivity index (χ0) is 16.9. The van der Waals surface area contributed by atoms with Crippen molar-refractivity contribution in [3.63, 3.8) is 0 Å². The normalized spacial score (nSPS) is 16.3. The fourth-order valence-electron chi connectivity index (χ4n) is 2.94. The fraction of sp³-hybridized carbons (Fsp3) is 0.562. The molecule has 23 heavy (non-hydrogen) atoms. The number of benzene rings is 1. The van der Waals surface area contributed by atoms with Gasteiger partial charge in [0.2, 0.25) is 10.0 Å². The first-order valence-electron chi connectivity index (χ1n) is 7.92. The molecule has 1 aromatic rings. The lowest BCUT2D eigenvalue weighted by atomic mass is 9.87. The lowest BCUT2D eigenvalue weighted by molar-refractivity contribution is 0.182. The third kappa shape index (κ3) is 4.94. The smallest absolute Gasteiger partial charge is 0.317 e. The van der Waals surface area contributed by atoms with Crippen LogP contribution in [0.4, 0.5) is 4.79 Å². The molecule has 0 aliphatic carbocycles. The van der Waals surface area contributed by atoms with E-state index >= 15 is 0 Å². The van der Waals surface area contributed by atoms with E-state index < -0.39 is 10.0 Å². The second-order valence-corrected chi connectivity index (χ2v) is 7.92. The van der Waals surface area contributed by atoms with Crippen LogP contribution in [-0.2, 0) is 10.0 Å². The summed E-state index contributed by atoms with van der Waals surface area (Å²) < 4.78 is 24.9. The summed E-state index contributed by atoms with van der Waals surface area (Å²) in [5.74, 6) is 0.388. The highest BCUT2D eigenvalue weighted by atomic mass is 32.2. The Morgan fingerprint density at radius 3 is 2.52 bits per heavy atom. The molecule has 2 rings (SSSR count). The first-order valence-corrected chi connectivity index (χ1v) is 9.57. The van der Waals surface area contributed by atoms with Gasteiger partial charge in [0.1, 0.15) is 0 Å². The van der Waals surface area contributed by atoms with Crippen LogP contribution in [0.15, 0.2) is 24.3 Å². The zero-order valence-electron chi connectivity index (χ0n) is 13.7. The molecule has 0 saturated carbocycles. The maximum atomic E-state index is 12.1. The minimum absolute atomic E-state index is 0.102. The van der Waals surface area contributed by atoms with Crippen molar-refractivity contribution in [1.82, 2.24) is 14.9 Å². The summed E-state index contributed by atoms with van der Waals surface area (Å²) >= 11 is 0. The number of urea groups is 1. The van der Waals surface area contributed by atoms with E-state index in [4.69, 9.17) is 0 Å². The van der Waals surface area contributed by atoms with E-state index in [1.807, 2.05) is 6.07 Å². The number of nitrogens with one attached hydrogen (secondary N) is 2. The topological polar surface area (TPSA) is 78.5 Å². The standard InChI is InChI=1S/C16H25N3O3S/c1-13-5-3-4-6-15(13)14-7-10-19(11-8-14)16(20)18-9-12-23(21,22)17-2/h3-6,14,17H,7-12H2,1-2H3,(H,18,20). The van der Waals surface area contributed by atoms with Gasteiger partial charge in [0.25, 0.3) is 0 Å². The number of hydrogen-bond donors (Lipinski definition) is 2. The Labute approximate surface area is 138 Å². The number of nitrogens with zero attached hydrogens (tertiary/aromatic N) is 1. The van der Waals surface area contributed by atoms with E-state index in [2.05, 4.69) is 35.2 Å². The largest absolute Gasteiger partial charge is 0.337 e. The van der Waals surface area contributed by atoms with Crippen molar-refractivity contribution in [3.05, 3.63) is 35.4 Å². The average Bonchev–Trinajstić information content (AvgIpc) is 2.55. The van der Waals surface area contributed by atoms with E-state index in [0.29, 0.717) is 19.0 Å². The SMILES string of the molecule is CNS(=O)(=O)CCNC(=O)N1CCC(c2ccccc2C)CC1. The highest BCUT2D eigenvalue weighted by Crippen LogP contribution is 2.29. The summed E-state index contributed by atoms with van der Waals surface area (Å²) in [6.45, 7) is 3.64. The fourth-order valence-corrected chi connectivity index (χ4v) is 3.52. The lowest BCUT2D eigenvalue weighted by Gasteiger charge is -2.32. The van der Waals surface area contributed by atoms with Crippen LogP contribution in [-0.4, -0.2) is 51.8 Å². The van der Waals surface area contributed by atoms with Gasteiger partial charge in [-0.05, 0) is 43.9 Å². The van der Waals surface area contributed by atoms with Crippen molar-refractivity contribution in [3.8, 4) is 0 Å². The van der Waals surface area contributed by atoms with Crippen LogP contribution in [0.25, 0.3) is 0 Å². The van der Waals surface area contributed by atoms with Gasteiger partial charge in [-0.3, -0.25) is 0 Å². The molecular weight excluding hydrogens is 314 g/mol. The number of likely N-dealkylation sites (tertiary alicyclic amines) is 1. The van der Waals surface area contributed by atoms with Gasteiger partial charge in [0, 0.05) is 19.6 Å². The van der Waals surface area contributed by atoms with Crippen LogP contribution in [0.2, 0.25) is 0 Å². The van der Waals surface area contributed by atoms with Crippen LogP contribution >= 0.6 is 0 Å². The van der Waals surface area contributed by atoms with Crippen LogP contribution < -0.4 is 10.0 Å². The third-order valence-corrected chi connectivity index (χ3v) is 5.73. The molecule has 0 radical (unpaired) electrons. The molecule has 6 nitrogen and oxygen atoms in total. The second kappa shape index (κ2) is 7.79. The number of carbonyl (C=O) groups is 1. The predicted octanol–water partition coefficient (Wildman–Crippen LogP) is 1.43. The number of hydrogen-bond acceptors (Lipinski definition) is 3. The molecular formula is C16H25N3O3S. The summed E-state index contributed by atoms with van der Waals surface area (Å²) in [6.07, 6.45) is 1.88. The molecule has 1 aromatic carbocycles. The molecule has 0 spiro atoms. The Kier molecular flexibility index (Phi) is 6.01. The molecule has 1 saturated heterocycles. The number of aryl methyl sites for hydroxylation is 1. The quantitative estimate of drug-likeness (QED) is 0.852. The van der Waals surface area contributed by atoms with Crippen molar-refractivity contribution >= 4 is 16.1 Å². The van der Waals surface area contributed by atoms with Crippen molar-refractivity contribution in [2.75, 3.05) is 32.4 Å². The van der Waals surface area contributed by atoms with E-state index in [-0.39, 0.29) is 18.3 Å². The molecule has 1 heterocycles. The molecule has 7 heteroatoms. The van der Waals surface area contributed by atoms with Gasteiger partial charge in [0.05, 0.1) is 5.75 Å². The number of carbonyl (C=O) groups excluding carboxylic acids is 1. The van der Waals surface area contributed by atoms with E-state index in [0.717, 1.165) is 12.8 Å². The van der Waals surface area contributed by atoms with Crippen molar-refractivity contribution < 1.29 is 13.2 Å². The van der Waals surface area contributed by atoms with Gasteiger partial charge in [-0.15, -0.1) is 0 Å². The minimum atomic E-state index is -3.28. The van der Waals surface area contributed by atoms with Crippen LogP contribution in [0.5, 0.6) is 0 Å². The molecule has 128 valence electrons. The Bertz CT molecular complexity index is 638. The molecule has 0 unspecified atom stereocenters. The molecule has 1 fully saturated rings. The number of rotatable bonds is 5. The zero-order valence-corrected chi connectivity index (χ0v) is 14.5. The molecule has 0 bridgehead atoms. The summed E-state index contributed by atoms with van der Waals surface area (Å²) in [6, 6.07) is 8.21. The summed E-state index contributed by atoms with van der Waals surface area (Å²) in [7, 11) is -1.91. The van der Waals surface area contributed by atoms with E-state index in [1.54, 1.807) is 4.90 Å². The first kappa shape index (κ1) is 17.7. The third-order valence-electron chi connectivity index (χ3n) is 4.37. The number of amides is 2. The molecule has 2 N–H and O–H groups in total. The molecule has 0 aromatic heterocycles. The van der Waals surface area contributed by atoms with E-state index in [1.165, 1.54) is 18.2 Å². The van der Waals surface area contributed by atoms with Crippen LogP contribution in [0.3, 0.4) is 0 Å². The Hall–Kier alpha value is -1.60. The van der Waals surface area contributed by atoms with Gasteiger partial charge in [-0.2, -0.15) is 0 Å². The van der Waals surface area contributed by atoms with Gasteiger partial charge < -0.3 is 10.2 Å². The lowest BCUT2D eigenvalue weighted by Crippen LogP contribution is -2.45. The van der Waals surface area contributed by atoms with Crippen molar-refractivity contribution in [2.45, 2.75) is 25.7 Å². The Balaban J connectivity index is 1.80. The highest BCUT2D eigenvalue weighted by molar-refractivity contribution is 7.89. The van der Waals surface area contributed by atoms with E-state index in [9.17, 15) is 13.2 Å². The monoisotopic (exact) mass is 339 g/mol. The average molecular weight is 339 g/mol. The maximum Gasteiger partial charge on any atom is 0.317 e. The molecule has 1 aliphatic heterocycles. The van der Waals surface area contributed by atoms with Crippen molar-refractivity contribution in [1.29, 1.82) is 0 Å².